The van der Waals surface area contributed by atoms with Crippen molar-refractivity contribution >= 4 is 0 Å². The Morgan fingerprint density at radius 2 is 1.68 bits per heavy atom. The zero-order valence-corrected chi connectivity index (χ0v) is 13.1. The number of benzene rings is 1. The van der Waals surface area contributed by atoms with Crippen LogP contribution in [0.25, 0.3) is 0 Å². The van der Waals surface area contributed by atoms with Crippen molar-refractivity contribution in [1.29, 1.82) is 0 Å². The Morgan fingerprint density at radius 3 is 2.21 bits per heavy atom. The second-order valence-electron chi connectivity index (χ2n) is 5.81. The van der Waals surface area contributed by atoms with Crippen LogP contribution in [0, 0.1) is 5.92 Å². The standard InChI is InChI=1S/C17H29NO/c1-13(2)17-8-6-16(7-9-17)12-14(3)15(4)18-10-11-19-5/h6-9,13-15,18H,10-12H2,1-5H3. The second kappa shape index (κ2) is 8.34. The summed E-state index contributed by atoms with van der Waals surface area (Å²) in [6.45, 7) is 10.7. The lowest BCUT2D eigenvalue weighted by Crippen LogP contribution is -2.35. The summed E-state index contributed by atoms with van der Waals surface area (Å²) in [4.78, 5) is 0. The molecule has 0 spiro atoms. The minimum absolute atomic E-state index is 0.514. The van der Waals surface area contributed by atoms with Crippen molar-refractivity contribution in [1.82, 2.24) is 5.32 Å². The van der Waals surface area contributed by atoms with Gasteiger partial charge in [0.15, 0.2) is 0 Å². The highest BCUT2D eigenvalue weighted by Crippen LogP contribution is 2.17. The Bertz CT molecular complexity index is 345. The molecule has 0 aliphatic carbocycles. The summed E-state index contributed by atoms with van der Waals surface area (Å²) >= 11 is 0. The average Bonchev–Trinajstić information content (AvgIpc) is 2.39. The highest BCUT2D eigenvalue weighted by Gasteiger charge is 2.12. The molecule has 1 N–H and O–H groups in total. The van der Waals surface area contributed by atoms with Gasteiger partial charge in [-0.1, -0.05) is 45.0 Å². The van der Waals surface area contributed by atoms with Gasteiger partial charge >= 0.3 is 0 Å². The largest absolute Gasteiger partial charge is 0.383 e. The highest BCUT2D eigenvalue weighted by atomic mass is 16.5. The zero-order chi connectivity index (χ0) is 14.3. The molecule has 2 heteroatoms. The summed E-state index contributed by atoms with van der Waals surface area (Å²) in [5.41, 5.74) is 2.85. The van der Waals surface area contributed by atoms with Crippen LogP contribution in [0.3, 0.4) is 0 Å². The molecule has 0 amide bonds. The number of nitrogens with one attached hydrogen (secondary N) is 1. The maximum Gasteiger partial charge on any atom is 0.0587 e. The van der Waals surface area contributed by atoms with Gasteiger partial charge in [-0.2, -0.15) is 0 Å². The van der Waals surface area contributed by atoms with Gasteiger partial charge in [0.2, 0.25) is 0 Å². The molecule has 0 radical (unpaired) electrons. The molecule has 0 bridgehead atoms. The van der Waals surface area contributed by atoms with E-state index in [0.29, 0.717) is 17.9 Å². The van der Waals surface area contributed by atoms with E-state index < -0.39 is 0 Å². The first-order valence-corrected chi connectivity index (χ1v) is 7.35. The van der Waals surface area contributed by atoms with Crippen LogP contribution >= 0.6 is 0 Å². The van der Waals surface area contributed by atoms with Crippen molar-refractivity contribution in [3.8, 4) is 0 Å². The van der Waals surface area contributed by atoms with Gasteiger partial charge < -0.3 is 10.1 Å². The molecule has 0 fully saturated rings. The number of hydrogen-bond acceptors (Lipinski definition) is 2. The third-order valence-electron chi connectivity index (χ3n) is 3.83. The predicted molar refractivity (Wildman–Crippen MR) is 82.7 cm³/mol. The molecule has 1 aromatic carbocycles. The Balaban J connectivity index is 2.44. The van der Waals surface area contributed by atoms with Crippen LogP contribution in [0.2, 0.25) is 0 Å². The van der Waals surface area contributed by atoms with E-state index in [1.807, 2.05) is 0 Å². The van der Waals surface area contributed by atoms with Gasteiger partial charge in [0, 0.05) is 19.7 Å². The summed E-state index contributed by atoms with van der Waals surface area (Å²) in [7, 11) is 1.74. The summed E-state index contributed by atoms with van der Waals surface area (Å²) in [6, 6.07) is 9.58. The van der Waals surface area contributed by atoms with Crippen LogP contribution < -0.4 is 5.32 Å². The average molecular weight is 263 g/mol. The van der Waals surface area contributed by atoms with Gasteiger partial charge in [0.1, 0.15) is 0 Å². The topological polar surface area (TPSA) is 21.3 Å². The molecule has 108 valence electrons. The van der Waals surface area contributed by atoms with Gasteiger partial charge in [-0.05, 0) is 36.3 Å². The van der Waals surface area contributed by atoms with Gasteiger partial charge in [-0.15, -0.1) is 0 Å². The fourth-order valence-electron chi connectivity index (χ4n) is 2.18. The third kappa shape index (κ3) is 5.75. The quantitative estimate of drug-likeness (QED) is 0.723. The number of hydrogen-bond donors (Lipinski definition) is 1. The van der Waals surface area contributed by atoms with Gasteiger partial charge in [-0.3, -0.25) is 0 Å². The lowest BCUT2D eigenvalue weighted by molar-refractivity contribution is 0.192. The van der Waals surface area contributed by atoms with Crippen molar-refractivity contribution in [2.45, 2.75) is 46.1 Å². The Morgan fingerprint density at radius 1 is 1.05 bits per heavy atom. The summed E-state index contributed by atoms with van der Waals surface area (Å²) < 4.78 is 5.06. The van der Waals surface area contributed by atoms with Crippen LogP contribution in [0.15, 0.2) is 24.3 Å². The van der Waals surface area contributed by atoms with Crippen molar-refractivity contribution in [3.63, 3.8) is 0 Å². The molecule has 2 atom stereocenters. The lowest BCUT2D eigenvalue weighted by atomic mass is 9.93. The van der Waals surface area contributed by atoms with E-state index in [1.54, 1.807) is 7.11 Å². The van der Waals surface area contributed by atoms with Gasteiger partial charge in [-0.25, -0.2) is 0 Å². The van der Waals surface area contributed by atoms with E-state index in [9.17, 15) is 0 Å². The zero-order valence-electron chi connectivity index (χ0n) is 13.1. The highest BCUT2D eigenvalue weighted by molar-refractivity contribution is 5.25. The number of rotatable bonds is 8. The first-order valence-electron chi connectivity index (χ1n) is 7.35. The van der Waals surface area contributed by atoms with E-state index in [2.05, 4.69) is 57.3 Å². The first-order chi connectivity index (χ1) is 9.04. The van der Waals surface area contributed by atoms with Crippen LogP contribution in [0.1, 0.15) is 44.7 Å². The third-order valence-corrected chi connectivity index (χ3v) is 3.83. The minimum atomic E-state index is 0.514. The summed E-state index contributed by atoms with van der Waals surface area (Å²) in [5, 5.41) is 3.51. The molecule has 2 unspecified atom stereocenters. The van der Waals surface area contributed by atoms with E-state index in [1.165, 1.54) is 11.1 Å². The number of methoxy groups -OCH3 is 1. The van der Waals surface area contributed by atoms with Gasteiger partial charge in [0.05, 0.1) is 6.61 Å². The van der Waals surface area contributed by atoms with Crippen LogP contribution in [0.5, 0.6) is 0 Å². The number of ether oxygens (including phenoxy) is 1. The van der Waals surface area contributed by atoms with E-state index in [4.69, 9.17) is 4.74 Å². The maximum absolute atomic E-state index is 5.06. The van der Waals surface area contributed by atoms with Crippen LogP contribution in [-0.2, 0) is 11.2 Å². The minimum Gasteiger partial charge on any atom is -0.383 e. The lowest BCUT2D eigenvalue weighted by Gasteiger charge is -2.21. The fraction of sp³-hybridized carbons (Fsp3) is 0.647. The van der Waals surface area contributed by atoms with E-state index in [0.717, 1.165) is 19.6 Å². The van der Waals surface area contributed by atoms with E-state index >= 15 is 0 Å². The molecule has 19 heavy (non-hydrogen) atoms. The molecule has 2 nitrogen and oxygen atoms in total. The van der Waals surface area contributed by atoms with Crippen molar-refractivity contribution in [2.75, 3.05) is 20.3 Å². The molecule has 0 aromatic heterocycles. The van der Waals surface area contributed by atoms with E-state index in [-0.39, 0.29) is 0 Å². The van der Waals surface area contributed by atoms with Gasteiger partial charge in [0.25, 0.3) is 0 Å². The second-order valence-corrected chi connectivity index (χ2v) is 5.81. The van der Waals surface area contributed by atoms with Crippen molar-refractivity contribution in [2.24, 2.45) is 5.92 Å². The molecular formula is C17H29NO. The molecule has 0 heterocycles. The predicted octanol–water partition coefficient (Wildman–Crippen LogP) is 3.61. The van der Waals surface area contributed by atoms with Crippen molar-refractivity contribution < 1.29 is 4.74 Å². The molecule has 1 aromatic rings. The summed E-state index contributed by atoms with van der Waals surface area (Å²) in [6.07, 6.45) is 1.12. The molecule has 0 saturated heterocycles. The summed E-state index contributed by atoms with van der Waals surface area (Å²) in [5.74, 6) is 1.24. The molecule has 0 saturated carbocycles. The van der Waals surface area contributed by atoms with Crippen molar-refractivity contribution in [3.05, 3.63) is 35.4 Å². The molecule has 0 aliphatic heterocycles. The SMILES string of the molecule is COCCNC(C)C(C)Cc1ccc(C(C)C)cc1. The Labute approximate surface area is 118 Å². The fourth-order valence-corrected chi connectivity index (χ4v) is 2.18. The Kier molecular flexibility index (Phi) is 7.11. The van der Waals surface area contributed by atoms with Crippen LogP contribution in [0.4, 0.5) is 0 Å². The smallest absolute Gasteiger partial charge is 0.0587 e. The normalized spacial score (nSPS) is 14.6. The Hall–Kier alpha value is -0.860. The molecular weight excluding hydrogens is 234 g/mol. The molecule has 0 aliphatic rings. The monoisotopic (exact) mass is 263 g/mol. The molecule has 1 rings (SSSR count). The van der Waals surface area contributed by atoms with Crippen LogP contribution in [-0.4, -0.2) is 26.3 Å². The maximum atomic E-state index is 5.06. The first kappa shape index (κ1) is 16.2.